The molecule has 3 rings (SSSR count). The van der Waals surface area contributed by atoms with Crippen LogP contribution in [0.15, 0.2) is 48.5 Å². The summed E-state index contributed by atoms with van der Waals surface area (Å²) >= 11 is 0. The monoisotopic (exact) mass is 306 g/mol. The van der Waals surface area contributed by atoms with E-state index in [-0.39, 0.29) is 5.91 Å². The van der Waals surface area contributed by atoms with Crippen molar-refractivity contribution >= 4 is 22.4 Å². The Morgan fingerprint density at radius 1 is 1.04 bits per heavy atom. The number of benzene rings is 2. The second-order valence-corrected chi connectivity index (χ2v) is 6.23. The Morgan fingerprint density at radius 3 is 2.43 bits per heavy atom. The van der Waals surface area contributed by atoms with E-state index in [1.807, 2.05) is 50.2 Å². The van der Waals surface area contributed by atoms with Crippen molar-refractivity contribution in [2.75, 3.05) is 5.32 Å². The Morgan fingerprint density at radius 2 is 1.74 bits per heavy atom. The van der Waals surface area contributed by atoms with Gasteiger partial charge in [-0.3, -0.25) is 4.79 Å². The third-order valence-corrected chi connectivity index (χ3v) is 4.28. The molecule has 1 aromatic heterocycles. The third kappa shape index (κ3) is 2.74. The summed E-state index contributed by atoms with van der Waals surface area (Å²) in [5, 5.41) is 5.25. The van der Waals surface area contributed by atoms with Crippen LogP contribution in [0.2, 0.25) is 0 Å². The molecule has 0 spiro atoms. The van der Waals surface area contributed by atoms with E-state index in [9.17, 15) is 4.79 Å². The molecule has 0 fully saturated rings. The number of hydrogen-bond acceptors (Lipinski definition) is 1. The summed E-state index contributed by atoms with van der Waals surface area (Å²) in [6.45, 7) is 8.31. The fourth-order valence-corrected chi connectivity index (χ4v) is 3.33. The summed E-state index contributed by atoms with van der Waals surface area (Å²) in [7, 11) is 0. The van der Waals surface area contributed by atoms with Crippen molar-refractivity contribution in [3.05, 3.63) is 65.5 Å². The number of amides is 1. The standard InChI is InChI=1S/C20H22N2O/c1-13(2)22-14(3)12-18(15(22)4)20(23)21-19-11-7-9-16-8-5-6-10-17(16)19/h5-13H,1-4H3,(H,21,23). The Hall–Kier alpha value is -2.55. The maximum Gasteiger partial charge on any atom is 0.257 e. The lowest BCUT2D eigenvalue weighted by atomic mass is 10.1. The minimum Gasteiger partial charge on any atom is -0.346 e. The highest BCUT2D eigenvalue weighted by atomic mass is 16.1. The Kier molecular flexibility index (Phi) is 3.95. The maximum atomic E-state index is 12.7. The number of hydrogen-bond donors (Lipinski definition) is 1. The van der Waals surface area contributed by atoms with Crippen LogP contribution in [0.3, 0.4) is 0 Å². The van der Waals surface area contributed by atoms with Crippen molar-refractivity contribution < 1.29 is 4.79 Å². The van der Waals surface area contributed by atoms with Crippen molar-refractivity contribution in [1.29, 1.82) is 0 Å². The molecular weight excluding hydrogens is 284 g/mol. The van der Waals surface area contributed by atoms with Crippen LogP contribution in [0.25, 0.3) is 10.8 Å². The molecule has 0 aliphatic rings. The molecule has 0 bridgehead atoms. The highest BCUT2D eigenvalue weighted by Crippen LogP contribution is 2.25. The predicted octanol–water partition coefficient (Wildman–Crippen LogP) is 5.09. The van der Waals surface area contributed by atoms with E-state index in [1.165, 1.54) is 0 Å². The molecule has 0 unspecified atom stereocenters. The average Bonchev–Trinajstić information content (AvgIpc) is 2.82. The highest BCUT2D eigenvalue weighted by Gasteiger charge is 2.17. The van der Waals surface area contributed by atoms with Gasteiger partial charge in [-0.25, -0.2) is 0 Å². The minimum absolute atomic E-state index is 0.0543. The molecule has 0 radical (unpaired) electrons. The second-order valence-electron chi connectivity index (χ2n) is 6.23. The van der Waals surface area contributed by atoms with Crippen LogP contribution in [0.1, 0.15) is 41.6 Å². The van der Waals surface area contributed by atoms with Crippen molar-refractivity contribution in [3.8, 4) is 0 Å². The third-order valence-electron chi connectivity index (χ3n) is 4.28. The summed E-state index contributed by atoms with van der Waals surface area (Å²) in [5.74, 6) is -0.0543. The van der Waals surface area contributed by atoms with Gasteiger partial charge >= 0.3 is 0 Å². The Labute approximate surface area is 136 Å². The first-order chi connectivity index (χ1) is 11.0. The molecule has 3 nitrogen and oxygen atoms in total. The smallest absolute Gasteiger partial charge is 0.257 e. The van der Waals surface area contributed by atoms with E-state index < -0.39 is 0 Å². The summed E-state index contributed by atoms with van der Waals surface area (Å²) in [5.41, 5.74) is 3.71. The normalized spacial score (nSPS) is 11.2. The Bertz CT molecular complexity index is 869. The Balaban J connectivity index is 1.97. The number of nitrogens with one attached hydrogen (secondary N) is 1. The molecule has 2 aromatic carbocycles. The van der Waals surface area contributed by atoms with Gasteiger partial charge in [-0.1, -0.05) is 36.4 Å². The zero-order chi connectivity index (χ0) is 16.6. The van der Waals surface area contributed by atoms with Gasteiger partial charge in [-0.2, -0.15) is 0 Å². The van der Waals surface area contributed by atoms with Gasteiger partial charge in [-0.15, -0.1) is 0 Å². The quantitative estimate of drug-likeness (QED) is 0.718. The van der Waals surface area contributed by atoms with Crippen LogP contribution in [0.5, 0.6) is 0 Å². The SMILES string of the molecule is Cc1cc(C(=O)Nc2cccc3ccccc23)c(C)n1C(C)C. The molecule has 0 saturated carbocycles. The van der Waals surface area contributed by atoms with Crippen LogP contribution >= 0.6 is 0 Å². The number of aryl methyl sites for hydroxylation is 1. The summed E-state index contributed by atoms with van der Waals surface area (Å²) < 4.78 is 2.19. The predicted molar refractivity (Wildman–Crippen MR) is 96.2 cm³/mol. The van der Waals surface area contributed by atoms with E-state index in [4.69, 9.17) is 0 Å². The first-order valence-corrected chi connectivity index (χ1v) is 7.96. The van der Waals surface area contributed by atoms with Crippen LogP contribution in [0.4, 0.5) is 5.69 Å². The highest BCUT2D eigenvalue weighted by molar-refractivity contribution is 6.09. The molecule has 0 aliphatic carbocycles. The van der Waals surface area contributed by atoms with Crippen LogP contribution in [-0.4, -0.2) is 10.5 Å². The molecular formula is C20H22N2O. The number of carbonyl (C=O) groups is 1. The van der Waals surface area contributed by atoms with E-state index in [2.05, 4.69) is 35.9 Å². The van der Waals surface area contributed by atoms with Gasteiger partial charge in [0.25, 0.3) is 5.91 Å². The number of rotatable bonds is 3. The fraction of sp³-hybridized carbons (Fsp3) is 0.250. The molecule has 0 atom stereocenters. The van der Waals surface area contributed by atoms with Gasteiger partial charge in [0.15, 0.2) is 0 Å². The van der Waals surface area contributed by atoms with Crippen molar-refractivity contribution in [2.24, 2.45) is 0 Å². The van der Waals surface area contributed by atoms with Gasteiger partial charge in [0.1, 0.15) is 0 Å². The molecule has 1 amide bonds. The number of carbonyl (C=O) groups excluding carboxylic acids is 1. The molecule has 0 aliphatic heterocycles. The maximum absolute atomic E-state index is 12.7. The van der Waals surface area contributed by atoms with E-state index in [0.717, 1.165) is 33.4 Å². The summed E-state index contributed by atoms with van der Waals surface area (Å²) in [6, 6.07) is 16.3. The van der Waals surface area contributed by atoms with Crippen LogP contribution in [0, 0.1) is 13.8 Å². The minimum atomic E-state index is -0.0543. The molecule has 118 valence electrons. The molecule has 3 heteroatoms. The lowest BCUT2D eigenvalue weighted by Gasteiger charge is -2.14. The van der Waals surface area contributed by atoms with E-state index >= 15 is 0 Å². The first-order valence-electron chi connectivity index (χ1n) is 7.96. The molecule has 1 heterocycles. The molecule has 23 heavy (non-hydrogen) atoms. The zero-order valence-electron chi connectivity index (χ0n) is 14.1. The van der Waals surface area contributed by atoms with Gasteiger partial charge in [0.05, 0.1) is 5.56 Å². The average molecular weight is 306 g/mol. The summed E-state index contributed by atoms with van der Waals surface area (Å²) in [4.78, 5) is 12.7. The zero-order valence-corrected chi connectivity index (χ0v) is 14.1. The van der Waals surface area contributed by atoms with Crippen molar-refractivity contribution in [2.45, 2.75) is 33.7 Å². The lowest BCUT2D eigenvalue weighted by Crippen LogP contribution is -2.14. The molecule has 0 saturated heterocycles. The number of fused-ring (bicyclic) bond motifs is 1. The number of nitrogens with zero attached hydrogens (tertiary/aromatic N) is 1. The second kappa shape index (κ2) is 5.92. The van der Waals surface area contributed by atoms with Crippen LogP contribution in [-0.2, 0) is 0 Å². The van der Waals surface area contributed by atoms with Crippen LogP contribution < -0.4 is 5.32 Å². The van der Waals surface area contributed by atoms with Gasteiger partial charge in [-0.05, 0) is 45.2 Å². The number of anilines is 1. The number of aromatic nitrogens is 1. The van der Waals surface area contributed by atoms with E-state index in [1.54, 1.807) is 0 Å². The van der Waals surface area contributed by atoms with Gasteiger partial charge < -0.3 is 9.88 Å². The van der Waals surface area contributed by atoms with Crippen molar-refractivity contribution in [3.63, 3.8) is 0 Å². The molecule has 3 aromatic rings. The summed E-state index contributed by atoms with van der Waals surface area (Å²) in [6.07, 6.45) is 0. The van der Waals surface area contributed by atoms with Crippen molar-refractivity contribution in [1.82, 2.24) is 4.57 Å². The van der Waals surface area contributed by atoms with Gasteiger partial charge in [0.2, 0.25) is 0 Å². The first kappa shape index (κ1) is 15.3. The fourth-order valence-electron chi connectivity index (χ4n) is 3.33. The lowest BCUT2D eigenvalue weighted by molar-refractivity contribution is 0.102. The molecule has 1 N–H and O–H groups in total. The topological polar surface area (TPSA) is 34.0 Å². The van der Waals surface area contributed by atoms with E-state index in [0.29, 0.717) is 6.04 Å². The van der Waals surface area contributed by atoms with Gasteiger partial charge in [0, 0.05) is 28.5 Å². The largest absolute Gasteiger partial charge is 0.346 e.